The number of carbonyl (C=O) groups excluding carboxylic acids is 2. The Bertz CT molecular complexity index is 1020. The standard InChI is InChI=1S/C26H32O8/c1-13-9-15-17(11-27)21(29-3)25(33-7)23(31-5)19(15)20-16(10-14(13)2)18(12-28)22(30-4)26(34-8)24(20)32-6/h11-14H,9-10H2,1-8H3/t13-,14+. The maximum Gasteiger partial charge on any atom is 0.204 e. The molecule has 0 spiro atoms. The van der Waals surface area contributed by atoms with E-state index < -0.39 is 0 Å². The topological polar surface area (TPSA) is 89.5 Å². The molecule has 2 aromatic carbocycles. The lowest BCUT2D eigenvalue weighted by molar-refractivity contribution is 0.111. The highest BCUT2D eigenvalue weighted by molar-refractivity contribution is 5.99. The van der Waals surface area contributed by atoms with Gasteiger partial charge in [-0.15, -0.1) is 0 Å². The molecule has 2 atom stereocenters. The molecule has 1 aliphatic carbocycles. The first kappa shape index (κ1) is 25.2. The Labute approximate surface area is 200 Å². The average Bonchev–Trinajstić information content (AvgIpc) is 2.85. The Morgan fingerprint density at radius 1 is 0.529 bits per heavy atom. The summed E-state index contributed by atoms with van der Waals surface area (Å²) in [6.07, 6.45) is 2.70. The Balaban J connectivity index is 2.72. The van der Waals surface area contributed by atoms with Crippen LogP contribution in [-0.4, -0.2) is 55.2 Å². The van der Waals surface area contributed by atoms with Gasteiger partial charge in [-0.05, 0) is 35.8 Å². The van der Waals surface area contributed by atoms with Crippen LogP contribution in [0.4, 0.5) is 0 Å². The molecule has 1 aliphatic rings. The third kappa shape index (κ3) is 3.71. The highest BCUT2D eigenvalue weighted by atomic mass is 16.5. The zero-order valence-electron chi connectivity index (χ0n) is 21.0. The largest absolute Gasteiger partial charge is 0.492 e. The summed E-state index contributed by atoms with van der Waals surface area (Å²) >= 11 is 0. The van der Waals surface area contributed by atoms with Crippen LogP contribution in [0.25, 0.3) is 11.1 Å². The van der Waals surface area contributed by atoms with Gasteiger partial charge in [-0.2, -0.15) is 0 Å². The Hall–Kier alpha value is -3.42. The number of hydrogen-bond donors (Lipinski definition) is 0. The van der Waals surface area contributed by atoms with E-state index in [-0.39, 0.29) is 23.3 Å². The lowest BCUT2D eigenvalue weighted by Gasteiger charge is -2.32. The van der Waals surface area contributed by atoms with Gasteiger partial charge in [0.05, 0.1) is 53.8 Å². The van der Waals surface area contributed by atoms with Gasteiger partial charge in [0.1, 0.15) is 0 Å². The molecule has 8 nitrogen and oxygen atoms in total. The number of benzene rings is 2. The van der Waals surface area contributed by atoms with Gasteiger partial charge in [0.2, 0.25) is 11.5 Å². The molecule has 8 heteroatoms. The Kier molecular flexibility index (Phi) is 7.59. The van der Waals surface area contributed by atoms with Crippen LogP contribution in [0.3, 0.4) is 0 Å². The van der Waals surface area contributed by atoms with Crippen LogP contribution in [0.2, 0.25) is 0 Å². The van der Waals surface area contributed by atoms with E-state index >= 15 is 0 Å². The minimum absolute atomic E-state index is 0.173. The molecule has 0 aromatic heterocycles. The van der Waals surface area contributed by atoms with Crippen molar-refractivity contribution in [1.82, 2.24) is 0 Å². The molecule has 2 aromatic rings. The van der Waals surface area contributed by atoms with E-state index in [1.807, 2.05) is 0 Å². The van der Waals surface area contributed by atoms with Crippen molar-refractivity contribution in [3.8, 4) is 45.6 Å². The lowest BCUT2D eigenvalue weighted by Crippen LogP contribution is -2.21. The van der Waals surface area contributed by atoms with Gasteiger partial charge in [-0.25, -0.2) is 0 Å². The molecule has 0 radical (unpaired) electrons. The molecule has 0 aliphatic heterocycles. The van der Waals surface area contributed by atoms with Gasteiger partial charge < -0.3 is 28.4 Å². The third-order valence-corrected chi connectivity index (χ3v) is 6.76. The van der Waals surface area contributed by atoms with Crippen LogP contribution in [-0.2, 0) is 12.8 Å². The number of methoxy groups -OCH3 is 6. The van der Waals surface area contributed by atoms with Crippen molar-refractivity contribution in [2.75, 3.05) is 42.7 Å². The molecule has 0 bridgehead atoms. The number of rotatable bonds is 8. The number of carbonyl (C=O) groups is 2. The van der Waals surface area contributed by atoms with Crippen LogP contribution in [0.15, 0.2) is 0 Å². The summed E-state index contributed by atoms with van der Waals surface area (Å²) in [4.78, 5) is 24.8. The zero-order chi connectivity index (χ0) is 25.2. The Morgan fingerprint density at radius 3 is 1.06 bits per heavy atom. The molecule has 0 saturated heterocycles. The van der Waals surface area contributed by atoms with E-state index in [9.17, 15) is 9.59 Å². The zero-order valence-corrected chi connectivity index (χ0v) is 21.0. The van der Waals surface area contributed by atoms with E-state index in [1.54, 1.807) is 0 Å². The number of fused-ring (bicyclic) bond motifs is 3. The minimum Gasteiger partial charge on any atom is -0.492 e. The molecule has 0 saturated carbocycles. The van der Waals surface area contributed by atoms with Crippen LogP contribution in [0.5, 0.6) is 34.5 Å². The van der Waals surface area contributed by atoms with Gasteiger partial charge in [-0.1, -0.05) is 13.8 Å². The molecule has 3 rings (SSSR count). The summed E-state index contributed by atoms with van der Waals surface area (Å²) in [7, 11) is 8.99. The highest BCUT2D eigenvalue weighted by Crippen LogP contribution is 2.57. The second kappa shape index (κ2) is 10.2. The summed E-state index contributed by atoms with van der Waals surface area (Å²) < 4.78 is 34.2. The molecular formula is C26H32O8. The van der Waals surface area contributed by atoms with Gasteiger partial charge in [0.15, 0.2) is 35.6 Å². The van der Waals surface area contributed by atoms with Crippen molar-refractivity contribution in [3.05, 3.63) is 22.3 Å². The molecule has 0 unspecified atom stereocenters. The van der Waals surface area contributed by atoms with E-state index in [4.69, 9.17) is 28.4 Å². The smallest absolute Gasteiger partial charge is 0.204 e. The first-order chi connectivity index (χ1) is 16.4. The number of hydrogen-bond acceptors (Lipinski definition) is 8. The third-order valence-electron chi connectivity index (χ3n) is 6.76. The van der Waals surface area contributed by atoms with E-state index in [0.29, 0.717) is 58.1 Å². The summed E-state index contributed by atoms with van der Waals surface area (Å²) in [6, 6.07) is 0. The predicted molar refractivity (Wildman–Crippen MR) is 128 cm³/mol. The lowest BCUT2D eigenvalue weighted by atomic mass is 9.75. The monoisotopic (exact) mass is 472 g/mol. The van der Waals surface area contributed by atoms with Crippen molar-refractivity contribution < 1.29 is 38.0 Å². The summed E-state index contributed by atoms with van der Waals surface area (Å²) in [5, 5.41) is 0. The van der Waals surface area contributed by atoms with Crippen molar-refractivity contribution in [2.45, 2.75) is 26.7 Å². The molecular weight excluding hydrogens is 440 g/mol. The molecule has 34 heavy (non-hydrogen) atoms. The maximum absolute atomic E-state index is 12.4. The average molecular weight is 473 g/mol. The van der Waals surface area contributed by atoms with Crippen molar-refractivity contribution in [3.63, 3.8) is 0 Å². The van der Waals surface area contributed by atoms with Gasteiger partial charge in [-0.3, -0.25) is 9.59 Å². The van der Waals surface area contributed by atoms with Gasteiger partial charge in [0, 0.05) is 11.1 Å². The summed E-state index contributed by atoms with van der Waals surface area (Å²) in [5.41, 5.74) is 3.41. The van der Waals surface area contributed by atoms with Crippen LogP contribution < -0.4 is 28.4 Å². The molecule has 0 fully saturated rings. The van der Waals surface area contributed by atoms with Crippen molar-refractivity contribution >= 4 is 12.6 Å². The van der Waals surface area contributed by atoms with Crippen LogP contribution >= 0.6 is 0 Å². The number of aldehydes is 2. The Morgan fingerprint density at radius 2 is 0.824 bits per heavy atom. The highest BCUT2D eigenvalue weighted by Gasteiger charge is 2.37. The SMILES string of the molecule is COc1c(C=O)c2c(c(OC)c1OC)-c1c(c(C=O)c(OC)c(OC)c1OC)C[C@H](C)[C@H](C)C2. The van der Waals surface area contributed by atoms with Crippen molar-refractivity contribution in [2.24, 2.45) is 11.8 Å². The van der Waals surface area contributed by atoms with Crippen molar-refractivity contribution in [1.29, 1.82) is 0 Å². The molecule has 184 valence electrons. The fourth-order valence-corrected chi connectivity index (χ4v) is 4.91. The van der Waals surface area contributed by atoms with Gasteiger partial charge in [0.25, 0.3) is 0 Å². The van der Waals surface area contributed by atoms with Crippen LogP contribution in [0.1, 0.15) is 45.7 Å². The number of ether oxygens (including phenoxy) is 6. The van der Waals surface area contributed by atoms with E-state index in [1.165, 1.54) is 42.7 Å². The normalized spacial score (nSPS) is 16.8. The molecule has 0 amide bonds. The van der Waals surface area contributed by atoms with E-state index in [0.717, 1.165) is 23.7 Å². The van der Waals surface area contributed by atoms with Gasteiger partial charge >= 0.3 is 0 Å². The second-order valence-corrected chi connectivity index (χ2v) is 8.33. The molecule has 0 heterocycles. The molecule has 0 N–H and O–H groups in total. The summed E-state index contributed by atoms with van der Waals surface area (Å²) in [6.45, 7) is 4.24. The fourth-order valence-electron chi connectivity index (χ4n) is 4.91. The summed E-state index contributed by atoms with van der Waals surface area (Å²) in [5.74, 6) is 2.26. The fraction of sp³-hybridized carbons (Fsp3) is 0.462. The van der Waals surface area contributed by atoms with Crippen LogP contribution in [0, 0.1) is 11.8 Å². The van der Waals surface area contributed by atoms with E-state index in [2.05, 4.69) is 13.8 Å². The quantitative estimate of drug-likeness (QED) is 0.522. The maximum atomic E-state index is 12.4. The second-order valence-electron chi connectivity index (χ2n) is 8.33. The first-order valence-electron chi connectivity index (χ1n) is 11.0. The predicted octanol–water partition coefficient (Wildman–Crippen LogP) is 4.40. The minimum atomic E-state index is 0.173. The first-order valence-corrected chi connectivity index (χ1v) is 11.0.